The zero-order chi connectivity index (χ0) is 22.6. The van der Waals surface area contributed by atoms with Gasteiger partial charge in [-0.25, -0.2) is 8.42 Å². The molecule has 2 aromatic carbocycles. The number of nitrogens with one attached hydrogen (secondary N) is 1. The number of ether oxygens (including phenoxy) is 1. The molecule has 3 rings (SSSR count). The van der Waals surface area contributed by atoms with Crippen molar-refractivity contribution >= 4 is 33.2 Å². The highest BCUT2D eigenvalue weighted by atomic mass is 32.2. The molecule has 1 fully saturated rings. The lowest BCUT2D eigenvalue weighted by Gasteiger charge is -2.19. The van der Waals surface area contributed by atoms with Crippen LogP contribution in [-0.2, 0) is 19.6 Å². The monoisotopic (exact) mass is 445 g/mol. The average molecular weight is 446 g/mol. The molecule has 1 N–H and O–H groups in total. The summed E-state index contributed by atoms with van der Waals surface area (Å²) in [5.74, 6) is -0.195. The molecule has 1 atom stereocenters. The highest BCUT2D eigenvalue weighted by molar-refractivity contribution is 7.89. The Labute approximate surface area is 182 Å². The van der Waals surface area contributed by atoms with Crippen LogP contribution in [0.4, 0.5) is 11.4 Å². The van der Waals surface area contributed by atoms with Gasteiger partial charge >= 0.3 is 0 Å². The first-order valence-electron chi connectivity index (χ1n) is 10.2. The van der Waals surface area contributed by atoms with Crippen LogP contribution in [-0.4, -0.2) is 51.3 Å². The summed E-state index contributed by atoms with van der Waals surface area (Å²) in [6.07, 6.45) is 0.117. The van der Waals surface area contributed by atoms with Crippen LogP contribution in [0.25, 0.3) is 0 Å². The van der Waals surface area contributed by atoms with Crippen molar-refractivity contribution < 1.29 is 22.7 Å². The number of hydrogen-bond donors (Lipinski definition) is 1. The molecule has 1 aliphatic rings. The third-order valence-corrected chi connectivity index (χ3v) is 7.41. The SMILES string of the molecule is CCN(CC)S(=O)(=O)c1ccc(NC(=O)[C@@H]2CC(=O)N(c3ccc(OC)cc3)C2)cc1. The molecule has 2 amide bonds. The maximum atomic E-state index is 12.7. The van der Waals surface area contributed by atoms with Gasteiger partial charge in [0, 0.05) is 37.4 Å². The Bertz CT molecular complexity index is 1030. The van der Waals surface area contributed by atoms with Crippen molar-refractivity contribution in [2.24, 2.45) is 5.92 Å². The van der Waals surface area contributed by atoms with E-state index in [0.29, 0.717) is 30.2 Å². The molecule has 2 aromatic rings. The number of nitrogens with zero attached hydrogens (tertiary/aromatic N) is 2. The number of carbonyl (C=O) groups is 2. The van der Waals surface area contributed by atoms with Gasteiger partial charge in [-0.1, -0.05) is 13.8 Å². The molecule has 31 heavy (non-hydrogen) atoms. The number of anilines is 2. The first-order valence-corrected chi connectivity index (χ1v) is 11.6. The fourth-order valence-electron chi connectivity index (χ4n) is 3.56. The van der Waals surface area contributed by atoms with Gasteiger partial charge in [0.2, 0.25) is 21.8 Å². The van der Waals surface area contributed by atoms with Gasteiger partial charge in [0.25, 0.3) is 0 Å². The lowest BCUT2D eigenvalue weighted by atomic mass is 10.1. The van der Waals surface area contributed by atoms with Crippen molar-refractivity contribution in [1.82, 2.24) is 4.31 Å². The topological polar surface area (TPSA) is 96.0 Å². The Morgan fingerprint density at radius 1 is 1.10 bits per heavy atom. The molecule has 0 aromatic heterocycles. The Hall–Kier alpha value is -2.91. The van der Waals surface area contributed by atoms with E-state index in [2.05, 4.69) is 5.32 Å². The summed E-state index contributed by atoms with van der Waals surface area (Å²) in [6.45, 7) is 4.63. The maximum absolute atomic E-state index is 12.7. The number of rotatable bonds is 8. The fourth-order valence-corrected chi connectivity index (χ4v) is 5.02. The molecule has 8 nitrogen and oxygen atoms in total. The Kier molecular flexibility index (Phi) is 6.97. The molecular weight excluding hydrogens is 418 g/mol. The molecule has 0 aliphatic carbocycles. The van der Waals surface area contributed by atoms with Gasteiger partial charge in [0.05, 0.1) is 17.9 Å². The van der Waals surface area contributed by atoms with Crippen molar-refractivity contribution in [3.63, 3.8) is 0 Å². The summed E-state index contributed by atoms with van der Waals surface area (Å²) in [4.78, 5) is 26.9. The highest BCUT2D eigenvalue weighted by Crippen LogP contribution is 2.28. The number of amides is 2. The first kappa shape index (κ1) is 22.8. The molecule has 0 bridgehead atoms. The van der Waals surface area contributed by atoms with Crippen LogP contribution in [0.3, 0.4) is 0 Å². The van der Waals surface area contributed by atoms with Crippen LogP contribution in [0.1, 0.15) is 20.3 Å². The van der Waals surface area contributed by atoms with Crippen molar-refractivity contribution in [3.8, 4) is 5.75 Å². The van der Waals surface area contributed by atoms with E-state index in [1.165, 1.54) is 16.4 Å². The van der Waals surface area contributed by atoms with Crippen LogP contribution < -0.4 is 15.0 Å². The Morgan fingerprint density at radius 2 is 1.71 bits per heavy atom. The summed E-state index contributed by atoms with van der Waals surface area (Å²) in [6, 6.07) is 13.2. The minimum absolute atomic E-state index is 0.117. The molecule has 9 heteroatoms. The zero-order valence-corrected chi connectivity index (χ0v) is 18.7. The van der Waals surface area contributed by atoms with E-state index in [1.807, 2.05) is 0 Å². The van der Waals surface area contributed by atoms with Gasteiger partial charge in [-0.05, 0) is 48.5 Å². The minimum Gasteiger partial charge on any atom is -0.497 e. The fraction of sp³-hybridized carbons (Fsp3) is 0.364. The number of sulfonamides is 1. The van der Waals surface area contributed by atoms with Crippen LogP contribution in [0.5, 0.6) is 5.75 Å². The molecule has 0 radical (unpaired) electrons. The maximum Gasteiger partial charge on any atom is 0.243 e. The van der Waals surface area contributed by atoms with Crippen LogP contribution in [0.2, 0.25) is 0 Å². The largest absolute Gasteiger partial charge is 0.497 e. The number of benzene rings is 2. The normalized spacial score (nSPS) is 16.6. The number of methoxy groups -OCH3 is 1. The molecule has 166 valence electrons. The van der Waals surface area contributed by atoms with Crippen molar-refractivity contribution in [2.45, 2.75) is 25.2 Å². The second-order valence-corrected chi connectivity index (χ2v) is 9.14. The van der Waals surface area contributed by atoms with Gasteiger partial charge < -0.3 is 15.0 Å². The van der Waals surface area contributed by atoms with Gasteiger partial charge in [-0.3, -0.25) is 9.59 Å². The van der Waals surface area contributed by atoms with E-state index < -0.39 is 15.9 Å². The predicted octanol–water partition coefficient (Wildman–Crippen LogP) is 2.72. The molecule has 1 saturated heterocycles. The van der Waals surface area contributed by atoms with Gasteiger partial charge in [0.1, 0.15) is 5.75 Å². The Balaban J connectivity index is 1.66. The number of carbonyl (C=O) groups excluding carboxylic acids is 2. The molecule has 0 unspecified atom stereocenters. The van der Waals surface area contributed by atoms with Crippen molar-refractivity contribution in [2.75, 3.05) is 37.0 Å². The number of hydrogen-bond acceptors (Lipinski definition) is 5. The van der Waals surface area contributed by atoms with Gasteiger partial charge in [-0.15, -0.1) is 0 Å². The highest BCUT2D eigenvalue weighted by Gasteiger charge is 2.35. The Morgan fingerprint density at radius 3 is 2.26 bits per heavy atom. The van der Waals surface area contributed by atoms with Crippen LogP contribution in [0, 0.1) is 5.92 Å². The lowest BCUT2D eigenvalue weighted by molar-refractivity contribution is -0.122. The van der Waals surface area contributed by atoms with Crippen molar-refractivity contribution in [1.29, 1.82) is 0 Å². The van der Waals surface area contributed by atoms with E-state index in [0.717, 1.165) is 0 Å². The first-order chi connectivity index (χ1) is 14.8. The molecular formula is C22H27N3O5S. The summed E-state index contributed by atoms with van der Waals surface area (Å²) >= 11 is 0. The third-order valence-electron chi connectivity index (χ3n) is 5.34. The summed E-state index contributed by atoms with van der Waals surface area (Å²) in [5, 5.41) is 2.78. The summed E-state index contributed by atoms with van der Waals surface area (Å²) in [7, 11) is -1.98. The smallest absolute Gasteiger partial charge is 0.243 e. The average Bonchev–Trinajstić information content (AvgIpc) is 3.16. The second-order valence-electron chi connectivity index (χ2n) is 7.21. The summed E-state index contributed by atoms with van der Waals surface area (Å²) in [5.41, 5.74) is 1.20. The van der Waals surface area contributed by atoms with E-state index in [1.54, 1.807) is 62.3 Å². The zero-order valence-electron chi connectivity index (χ0n) is 17.9. The summed E-state index contributed by atoms with van der Waals surface area (Å²) < 4.78 is 31.6. The quantitative estimate of drug-likeness (QED) is 0.674. The van der Waals surface area contributed by atoms with Crippen molar-refractivity contribution in [3.05, 3.63) is 48.5 Å². The standard InChI is InChI=1S/C22H27N3O5S/c1-4-24(5-2)31(28,29)20-12-6-17(7-13-20)23-22(27)16-14-21(26)25(15-16)18-8-10-19(30-3)11-9-18/h6-13,16H,4-5,14-15H2,1-3H3,(H,23,27)/t16-/m1/s1. The third kappa shape index (κ3) is 4.88. The van der Waals surface area contributed by atoms with E-state index in [9.17, 15) is 18.0 Å². The van der Waals surface area contributed by atoms with E-state index in [4.69, 9.17) is 4.74 Å². The van der Waals surface area contributed by atoms with E-state index in [-0.39, 0.29) is 29.7 Å². The molecule has 0 spiro atoms. The van der Waals surface area contributed by atoms with Crippen LogP contribution >= 0.6 is 0 Å². The molecule has 1 heterocycles. The molecule has 0 saturated carbocycles. The van der Waals surface area contributed by atoms with Gasteiger partial charge in [0.15, 0.2) is 0 Å². The lowest BCUT2D eigenvalue weighted by Crippen LogP contribution is -2.30. The predicted molar refractivity (Wildman–Crippen MR) is 119 cm³/mol. The van der Waals surface area contributed by atoms with Crippen LogP contribution in [0.15, 0.2) is 53.4 Å². The van der Waals surface area contributed by atoms with E-state index >= 15 is 0 Å². The second kappa shape index (κ2) is 9.49. The van der Waals surface area contributed by atoms with Gasteiger partial charge in [-0.2, -0.15) is 4.31 Å². The molecule has 1 aliphatic heterocycles. The minimum atomic E-state index is -3.55.